The van der Waals surface area contributed by atoms with Crippen LogP contribution in [0.3, 0.4) is 0 Å². The molecular weight excluding hydrogens is 504 g/mol. The summed E-state index contributed by atoms with van der Waals surface area (Å²) in [5.41, 5.74) is 9.96. The van der Waals surface area contributed by atoms with Crippen LogP contribution in [-0.2, 0) is 0 Å². The lowest BCUT2D eigenvalue weighted by atomic mass is 9.94. The lowest BCUT2D eigenvalue weighted by Gasteiger charge is -2.10. The normalized spacial score (nSPS) is 11.3. The fraction of sp³-hybridized carbons (Fsp3) is 0. The molecule has 8 aromatic rings. The van der Waals surface area contributed by atoms with Gasteiger partial charge in [0.2, 0.25) is 0 Å². The summed E-state index contributed by atoms with van der Waals surface area (Å²) in [5, 5.41) is 7.55. The first-order valence-electron chi connectivity index (χ1n) is 14.5. The van der Waals surface area contributed by atoms with E-state index in [1.165, 1.54) is 76.8 Å². The van der Waals surface area contributed by atoms with Crippen LogP contribution in [0.15, 0.2) is 170 Å². The van der Waals surface area contributed by atoms with Gasteiger partial charge in [0.1, 0.15) is 0 Å². The van der Waals surface area contributed by atoms with Crippen molar-refractivity contribution >= 4 is 32.3 Å². The summed E-state index contributed by atoms with van der Waals surface area (Å²) in [6, 6.07) is 61.8. The quantitative estimate of drug-likeness (QED) is 0.211. The molecule has 0 aliphatic heterocycles. The van der Waals surface area contributed by atoms with Gasteiger partial charge in [-0.15, -0.1) is 0 Å². The molecular formula is C42H28. The van der Waals surface area contributed by atoms with Crippen LogP contribution in [0.1, 0.15) is 0 Å². The molecule has 0 aromatic heterocycles. The maximum Gasteiger partial charge on any atom is -0.0177 e. The van der Waals surface area contributed by atoms with Crippen molar-refractivity contribution in [3.05, 3.63) is 170 Å². The first-order chi connectivity index (χ1) is 20.8. The Hall–Kier alpha value is -5.46. The average molecular weight is 533 g/mol. The van der Waals surface area contributed by atoms with E-state index in [1.54, 1.807) is 0 Å². The van der Waals surface area contributed by atoms with Gasteiger partial charge in [-0.25, -0.2) is 0 Å². The predicted octanol–water partition coefficient (Wildman–Crippen LogP) is 11.8. The summed E-state index contributed by atoms with van der Waals surface area (Å²) in [5.74, 6) is 0. The molecule has 0 spiro atoms. The van der Waals surface area contributed by atoms with Gasteiger partial charge in [-0.2, -0.15) is 0 Å². The summed E-state index contributed by atoms with van der Waals surface area (Å²) in [6.07, 6.45) is 0. The Kier molecular flexibility index (Phi) is 5.90. The smallest absolute Gasteiger partial charge is 0.0177 e. The summed E-state index contributed by atoms with van der Waals surface area (Å²) < 4.78 is 0. The number of benzene rings is 8. The van der Waals surface area contributed by atoms with E-state index in [-0.39, 0.29) is 0 Å². The summed E-state index contributed by atoms with van der Waals surface area (Å²) in [7, 11) is 0. The molecule has 0 heterocycles. The van der Waals surface area contributed by atoms with Gasteiger partial charge in [0.15, 0.2) is 0 Å². The minimum absolute atomic E-state index is 1.24. The van der Waals surface area contributed by atoms with E-state index in [0.717, 1.165) is 0 Å². The van der Waals surface area contributed by atoms with Crippen LogP contribution in [0.25, 0.3) is 76.8 Å². The highest BCUT2D eigenvalue weighted by atomic mass is 14.1. The third kappa shape index (κ3) is 4.54. The lowest BCUT2D eigenvalue weighted by Crippen LogP contribution is -1.84. The van der Waals surface area contributed by atoms with E-state index in [1.807, 2.05) is 0 Å². The van der Waals surface area contributed by atoms with E-state index in [9.17, 15) is 0 Å². The first-order valence-corrected chi connectivity index (χ1v) is 14.5. The highest BCUT2D eigenvalue weighted by Gasteiger charge is 2.07. The standard InChI is InChI=1S/C42H28/c1-3-7-29(8-4-1)31-11-13-35-25-37(17-15-33(35)23-31)39-19-21-42-28-40(20-22-41(42)27-39)38-18-16-34-24-32(12-14-36(34)26-38)30-9-5-2-6-10-30/h1-28H. The van der Waals surface area contributed by atoms with Gasteiger partial charge in [-0.3, -0.25) is 0 Å². The van der Waals surface area contributed by atoms with Crippen LogP contribution in [0.4, 0.5) is 0 Å². The lowest BCUT2D eigenvalue weighted by molar-refractivity contribution is 1.63. The predicted molar refractivity (Wildman–Crippen MR) is 181 cm³/mol. The van der Waals surface area contributed by atoms with Crippen molar-refractivity contribution in [2.24, 2.45) is 0 Å². The molecule has 0 amide bonds. The summed E-state index contributed by atoms with van der Waals surface area (Å²) in [4.78, 5) is 0. The van der Waals surface area contributed by atoms with Crippen molar-refractivity contribution in [1.82, 2.24) is 0 Å². The second-order valence-corrected chi connectivity index (χ2v) is 11.1. The second-order valence-electron chi connectivity index (χ2n) is 11.1. The Morgan fingerprint density at radius 3 is 0.619 bits per heavy atom. The van der Waals surface area contributed by atoms with Gasteiger partial charge in [-0.1, -0.05) is 133 Å². The van der Waals surface area contributed by atoms with Crippen LogP contribution in [0.5, 0.6) is 0 Å². The summed E-state index contributed by atoms with van der Waals surface area (Å²) in [6.45, 7) is 0. The zero-order valence-electron chi connectivity index (χ0n) is 23.2. The van der Waals surface area contributed by atoms with Gasteiger partial charge < -0.3 is 0 Å². The number of hydrogen-bond acceptors (Lipinski definition) is 0. The molecule has 0 atom stereocenters. The molecule has 0 heteroatoms. The molecule has 0 nitrogen and oxygen atoms in total. The van der Waals surface area contributed by atoms with Crippen LogP contribution in [-0.4, -0.2) is 0 Å². The molecule has 0 saturated carbocycles. The Balaban J connectivity index is 1.09. The molecule has 0 saturated heterocycles. The molecule has 0 N–H and O–H groups in total. The fourth-order valence-electron chi connectivity index (χ4n) is 6.08. The maximum atomic E-state index is 2.31. The minimum atomic E-state index is 1.24. The third-order valence-electron chi connectivity index (χ3n) is 8.40. The Morgan fingerprint density at radius 1 is 0.167 bits per heavy atom. The van der Waals surface area contributed by atoms with Gasteiger partial charge in [0, 0.05) is 0 Å². The Bertz CT molecular complexity index is 2060. The molecule has 0 bridgehead atoms. The maximum absolute atomic E-state index is 2.31. The molecule has 8 aromatic carbocycles. The van der Waals surface area contributed by atoms with Crippen LogP contribution < -0.4 is 0 Å². The van der Waals surface area contributed by atoms with Crippen molar-refractivity contribution in [2.75, 3.05) is 0 Å². The molecule has 0 fully saturated rings. The van der Waals surface area contributed by atoms with E-state index >= 15 is 0 Å². The molecule has 0 aliphatic rings. The topological polar surface area (TPSA) is 0 Å². The van der Waals surface area contributed by atoms with Crippen molar-refractivity contribution < 1.29 is 0 Å². The van der Waals surface area contributed by atoms with E-state index in [4.69, 9.17) is 0 Å². The van der Waals surface area contributed by atoms with Crippen molar-refractivity contribution in [3.8, 4) is 44.5 Å². The minimum Gasteiger partial charge on any atom is -0.0622 e. The zero-order chi connectivity index (χ0) is 27.9. The highest BCUT2D eigenvalue weighted by molar-refractivity contribution is 5.96. The van der Waals surface area contributed by atoms with Gasteiger partial charge in [-0.05, 0) is 113 Å². The second kappa shape index (κ2) is 10.2. The summed E-state index contributed by atoms with van der Waals surface area (Å²) >= 11 is 0. The number of hydrogen-bond donors (Lipinski definition) is 0. The van der Waals surface area contributed by atoms with E-state index in [2.05, 4.69) is 170 Å². The SMILES string of the molecule is c1ccc(-c2ccc3cc(-c4ccc5cc(-c6ccc7cc(-c8ccccc8)ccc7c6)ccc5c4)ccc3c2)cc1. The van der Waals surface area contributed by atoms with Crippen LogP contribution >= 0.6 is 0 Å². The van der Waals surface area contributed by atoms with Gasteiger partial charge >= 0.3 is 0 Å². The largest absolute Gasteiger partial charge is 0.0622 e. The van der Waals surface area contributed by atoms with Gasteiger partial charge in [0.05, 0.1) is 0 Å². The van der Waals surface area contributed by atoms with Gasteiger partial charge in [0.25, 0.3) is 0 Å². The molecule has 0 aliphatic carbocycles. The molecule has 42 heavy (non-hydrogen) atoms. The van der Waals surface area contributed by atoms with Crippen molar-refractivity contribution in [3.63, 3.8) is 0 Å². The average Bonchev–Trinajstić information content (AvgIpc) is 3.07. The van der Waals surface area contributed by atoms with E-state index in [0.29, 0.717) is 0 Å². The third-order valence-corrected chi connectivity index (χ3v) is 8.40. The molecule has 196 valence electrons. The first kappa shape index (κ1) is 24.3. The zero-order valence-corrected chi connectivity index (χ0v) is 23.2. The molecule has 0 unspecified atom stereocenters. The number of rotatable bonds is 4. The Morgan fingerprint density at radius 2 is 0.381 bits per heavy atom. The van der Waals surface area contributed by atoms with Crippen LogP contribution in [0.2, 0.25) is 0 Å². The number of fused-ring (bicyclic) bond motifs is 3. The van der Waals surface area contributed by atoms with Crippen LogP contribution in [0, 0.1) is 0 Å². The Labute approximate surface area is 246 Å². The fourth-order valence-corrected chi connectivity index (χ4v) is 6.08. The monoisotopic (exact) mass is 532 g/mol. The van der Waals surface area contributed by atoms with Crippen molar-refractivity contribution in [1.29, 1.82) is 0 Å². The molecule has 0 radical (unpaired) electrons. The van der Waals surface area contributed by atoms with Crippen molar-refractivity contribution in [2.45, 2.75) is 0 Å². The highest BCUT2D eigenvalue weighted by Crippen LogP contribution is 2.33. The molecule has 8 rings (SSSR count). The van der Waals surface area contributed by atoms with E-state index < -0.39 is 0 Å².